The predicted molar refractivity (Wildman–Crippen MR) is 79.9 cm³/mol. The van der Waals surface area contributed by atoms with Gasteiger partial charge in [-0.2, -0.15) is 0 Å². The van der Waals surface area contributed by atoms with E-state index in [9.17, 15) is 4.79 Å². The van der Waals surface area contributed by atoms with Crippen molar-refractivity contribution in [2.24, 2.45) is 0 Å². The molecule has 0 spiro atoms. The van der Waals surface area contributed by atoms with Crippen LogP contribution in [0.15, 0.2) is 0 Å². The highest BCUT2D eigenvalue weighted by atomic mass is 32.1. The molecule has 5 heteroatoms. The van der Waals surface area contributed by atoms with E-state index in [2.05, 4.69) is 9.88 Å². The third-order valence-corrected chi connectivity index (χ3v) is 3.56. The first-order chi connectivity index (χ1) is 8.70. The van der Waals surface area contributed by atoms with Gasteiger partial charge in [0.15, 0.2) is 0 Å². The second-order valence-electron chi connectivity index (χ2n) is 5.89. The highest BCUT2D eigenvalue weighted by molar-refractivity contribution is 7.80. The maximum Gasteiger partial charge on any atom is 0.342 e. The van der Waals surface area contributed by atoms with Crippen LogP contribution in [0.25, 0.3) is 0 Å². The van der Waals surface area contributed by atoms with Gasteiger partial charge < -0.3 is 14.6 Å². The van der Waals surface area contributed by atoms with Crippen LogP contribution >= 0.6 is 12.2 Å². The van der Waals surface area contributed by atoms with E-state index in [-0.39, 0.29) is 5.97 Å². The molecule has 0 bridgehead atoms. The fraction of sp³-hybridized carbons (Fsp3) is 0.571. The largest absolute Gasteiger partial charge is 0.456 e. The summed E-state index contributed by atoms with van der Waals surface area (Å²) in [5.74, 6) is 0.486. The van der Waals surface area contributed by atoms with E-state index < -0.39 is 5.60 Å². The van der Waals surface area contributed by atoms with Crippen molar-refractivity contribution in [3.63, 3.8) is 0 Å². The average molecular weight is 280 g/mol. The SMILES string of the molecule is Cc1c(C(=O)OC(C)(C)C)c2n(c1C)CCC(=S)N2. The molecule has 0 amide bonds. The first-order valence-electron chi connectivity index (χ1n) is 6.43. The molecular formula is C14H20N2O2S. The van der Waals surface area contributed by atoms with Crippen LogP contribution in [-0.4, -0.2) is 21.1 Å². The number of nitrogens with zero attached hydrogens (tertiary/aromatic N) is 1. The molecule has 19 heavy (non-hydrogen) atoms. The molecule has 4 nitrogen and oxygen atoms in total. The summed E-state index contributed by atoms with van der Waals surface area (Å²) in [7, 11) is 0. The molecule has 0 atom stereocenters. The molecule has 1 aromatic rings. The average Bonchev–Trinajstić information content (AvgIpc) is 2.48. The topological polar surface area (TPSA) is 43.3 Å². The van der Waals surface area contributed by atoms with E-state index in [1.165, 1.54) is 0 Å². The zero-order valence-electron chi connectivity index (χ0n) is 12.1. The highest BCUT2D eigenvalue weighted by Gasteiger charge is 2.29. The van der Waals surface area contributed by atoms with Gasteiger partial charge in [0.05, 0.1) is 4.99 Å². The molecule has 0 aliphatic carbocycles. The Bertz CT molecular complexity index is 553. The number of hydrogen-bond acceptors (Lipinski definition) is 3. The number of ether oxygens (including phenoxy) is 1. The zero-order chi connectivity index (χ0) is 14.4. The predicted octanol–water partition coefficient (Wildman–Crippen LogP) is 3.20. The van der Waals surface area contributed by atoms with E-state index in [1.807, 2.05) is 34.6 Å². The summed E-state index contributed by atoms with van der Waals surface area (Å²) in [6.07, 6.45) is 0.811. The molecule has 2 heterocycles. The molecule has 0 radical (unpaired) electrons. The van der Waals surface area contributed by atoms with E-state index in [0.29, 0.717) is 5.56 Å². The second kappa shape index (κ2) is 4.63. The van der Waals surface area contributed by atoms with E-state index in [4.69, 9.17) is 17.0 Å². The van der Waals surface area contributed by atoms with Gasteiger partial charge in [-0.1, -0.05) is 12.2 Å². The Morgan fingerprint density at radius 1 is 1.37 bits per heavy atom. The first-order valence-corrected chi connectivity index (χ1v) is 6.84. The van der Waals surface area contributed by atoms with Gasteiger partial charge in [0.25, 0.3) is 0 Å². The summed E-state index contributed by atoms with van der Waals surface area (Å²) in [5, 5.41) is 3.15. The van der Waals surface area contributed by atoms with Crippen molar-refractivity contribution < 1.29 is 9.53 Å². The Morgan fingerprint density at radius 3 is 2.58 bits per heavy atom. The molecule has 2 rings (SSSR count). The molecule has 104 valence electrons. The summed E-state index contributed by atoms with van der Waals surface area (Å²) in [4.78, 5) is 13.1. The second-order valence-corrected chi connectivity index (χ2v) is 6.38. The van der Waals surface area contributed by atoms with E-state index in [0.717, 1.165) is 35.0 Å². The minimum Gasteiger partial charge on any atom is -0.456 e. The van der Waals surface area contributed by atoms with Gasteiger partial charge in [-0.25, -0.2) is 4.79 Å². The van der Waals surface area contributed by atoms with E-state index >= 15 is 0 Å². The van der Waals surface area contributed by atoms with Crippen LogP contribution in [-0.2, 0) is 11.3 Å². The third kappa shape index (κ3) is 2.66. The lowest BCUT2D eigenvalue weighted by Crippen LogP contribution is -2.27. The lowest BCUT2D eigenvalue weighted by molar-refractivity contribution is 0.00700. The van der Waals surface area contributed by atoms with Crippen molar-refractivity contribution in [2.75, 3.05) is 5.32 Å². The number of hydrogen-bond donors (Lipinski definition) is 1. The summed E-state index contributed by atoms with van der Waals surface area (Å²) in [5.41, 5.74) is 2.16. The Balaban J connectivity index is 2.46. The van der Waals surface area contributed by atoms with Crippen molar-refractivity contribution >= 4 is 29.0 Å². The van der Waals surface area contributed by atoms with Gasteiger partial charge in [0, 0.05) is 18.7 Å². The van der Waals surface area contributed by atoms with Crippen LogP contribution in [0.5, 0.6) is 0 Å². The molecule has 0 aromatic carbocycles. The number of esters is 1. The van der Waals surface area contributed by atoms with Crippen LogP contribution in [0.3, 0.4) is 0 Å². The maximum atomic E-state index is 12.4. The lowest BCUT2D eigenvalue weighted by atomic mass is 10.1. The van der Waals surface area contributed by atoms with Crippen LogP contribution in [0.1, 0.15) is 48.8 Å². The van der Waals surface area contributed by atoms with Crippen molar-refractivity contribution in [1.82, 2.24) is 4.57 Å². The Morgan fingerprint density at radius 2 is 2.00 bits per heavy atom. The lowest BCUT2D eigenvalue weighted by Gasteiger charge is -2.22. The fourth-order valence-corrected chi connectivity index (χ4v) is 2.45. The monoisotopic (exact) mass is 280 g/mol. The molecule has 0 fully saturated rings. The van der Waals surface area contributed by atoms with Crippen LogP contribution in [0.2, 0.25) is 0 Å². The van der Waals surface area contributed by atoms with Gasteiger partial charge in [-0.15, -0.1) is 0 Å². The van der Waals surface area contributed by atoms with Crippen molar-refractivity contribution in [3.05, 3.63) is 16.8 Å². The molecule has 1 aliphatic rings. The standard InChI is InChI=1S/C14H20N2O2S/c1-8-9(2)16-7-6-10(19)15-12(16)11(8)13(17)18-14(3,4)5/h6-7H2,1-5H3,(H,15,19). The number of aromatic nitrogens is 1. The summed E-state index contributed by atoms with van der Waals surface area (Å²) in [6, 6.07) is 0. The molecule has 1 N–H and O–H groups in total. The molecule has 0 saturated carbocycles. The number of carbonyl (C=O) groups is 1. The number of anilines is 1. The highest BCUT2D eigenvalue weighted by Crippen LogP contribution is 2.31. The normalized spacial score (nSPS) is 14.9. The molecule has 1 aromatic heterocycles. The van der Waals surface area contributed by atoms with E-state index in [1.54, 1.807) is 0 Å². The van der Waals surface area contributed by atoms with Gasteiger partial charge in [0.2, 0.25) is 0 Å². The smallest absolute Gasteiger partial charge is 0.342 e. The molecule has 0 unspecified atom stereocenters. The van der Waals surface area contributed by atoms with Gasteiger partial charge in [-0.05, 0) is 40.2 Å². The number of thiocarbonyl (C=S) groups is 1. The Hall–Kier alpha value is -1.36. The Kier molecular flexibility index (Phi) is 3.43. The van der Waals surface area contributed by atoms with Gasteiger partial charge in [-0.3, -0.25) is 0 Å². The molecular weight excluding hydrogens is 260 g/mol. The Labute approximate surface area is 119 Å². The van der Waals surface area contributed by atoms with Crippen LogP contribution in [0, 0.1) is 13.8 Å². The molecule has 1 aliphatic heterocycles. The quantitative estimate of drug-likeness (QED) is 0.633. The fourth-order valence-electron chi connectivity index (χ4n) is 2.26. The van der Waals surface area contributed by atoms with Gasteiger partial charge in [0.1, 0.15) is 17.0 Å². The van der Waals surface area contributed by atoms with Crippen LogP contribution in [0.4, 0.5) is 5.82 Å². The van der Waals surface area contributed by atoms with Gasteiger partial charge >= 0.3 is 5.97 Å². The summed E-state index contributed by atoms with van der Waals surface area (Å²) >= 11 is 5.21. The summed E-state index contributed by atoms with van der Waals surface area (Å²) < 4.78 is 7.59. The van der Waals surface area contributed by atoms with Crippen LogP contribution < -0.4 is 5.32 Å². The summed E-state index contributed by atoms with van der Waals surface area (Å²) in [6.45, 7) is 10.4. The number of rotatable bonds is 1. The molecule has 0 saturated heterocycles. The number of carbonyl (C=O) groups excluding carboxylic acids is 1. The third-order valence-electron chi connectivity index (χ3n) is 3.25. The number of fused-ring (bicyclic) bond motifs is 1. The van der Waals surface area contributed by atoms with Crippen molar-refractivity contribution in [1.29, 1.82) is 0 Å². The maximum absolute atomic E-state index is 12.4. The minimum atomic E-state index is -0.499. The first kappa shape index (κ1) is 14.1. The minimum absolute atomic E-state index is 0.293. The van der Waals surface area contributed by atoms with Crippen molar-refractivity contribution in [2.45, 2.75) is 53.2 Å². The number of nitrogens with one attached hydrogen (secondary N) is 1. The zero-order valence-corrected chi connectivity index (χ0v) is 12.9. The van der Waals surface area contributed by atoms with Crippen molar-refractivity contribution in [3.8, 4) is 0 Å².